The first-order valence-electron chi connectivity index (χ1n) is 8.92. The lowest BCUT2D eigenvalue weighted by Crippen LogP contribution is -2.21. The third kappa shape index (κ3) is 4.09. The molecule has 1 saturated carbocycles. The van der Waals surface area contributed by atoms with Crippen LogP contribution in [0.2, 0.25) is 5.02 Å². The van der Waals surface area contributed by atoms with Gasteiger partial charge >= 0.3 is 5.97 Å². The van der Waals surface area contributed by atoms with E-state index < -0.39 is 18.5 Å². The van der Waals surface area contributed by atoms with Crippen molar-refractivity contribution in [3.05, 3.63) is 40.2 Å². The zero-order valence-corrected chi connectivity index (χ0v) is 17.1. The molecule has 3 rings (SSSR count). The summed E-state index contributed by atoms with van der Waals surface area (Å²) >= 11 is 6.05. The van der Waals surface area contributed by atoms with Crippen molar-refractivity contribution in [2.24, 2.45) is 0 Å². The van der Waals surface area contributed by atoms with Crippen molar-refractivity contribution in [3.63, 3.8) is 0 Å². The van der Waals surface area contributed by atoms with Crippen molar-refractivity contribution in [3.8, 4) is 11.5 Å². The van der Waals surface area contributed by atoms with E-state index in [0.29, 0.717) is 33.8 Å². The summed E-state index contributed by atoms with van der Waals surface area (Å²) < 4.78 is 17.7. The average molecular weight is 407 g/mol. The average Bonchev–Trinajstić information content (AvgIpc) is 3.45. The molecule has 7 nitrogen and oxygen atoms in total. The largest absolute Gasteiger partial charge is 0.495 e. The molecule has 0 bridgehead atoms. The zero-order valence-electron chi connectivity index (χ0n) is 16.3. The molecule has 1 fully saturated rings. The van der Waals surface area contributed by atoms with Gasteiger partial charge in [-0.3, -0.25) is 4.79 Å². The summed E-state index contributed by atoms with van der Waals surface area (Å²) in [4.78, 5) is 24.7. The Bertz CT molecular complexity index is 918. The molecule has 0 unspecified atom stereocenters. The molecule has 2 aromatic rings. The number of hydrogen-bond acceptors (Lipinski definition) is 5. The van der Waals surface area contributed by atoms with Gasteiger partial charge in [-0.2, -0.15) is 0 Å². The van der Waals surface area contributed by atoms with E-state index >= 15 is 0 Å². The van der Waals surface area contributed by atoms with Crippen LogP contribution in [-0.4, -0.2) is 37.3 Å². The molecule has 0 aliphatic heterocycles. The number of rotatable bonds is 7. The van der Waals surface area contributed by atoms with Crippen molar-refractivity contribution in [2.75, 3.05) is 26.1 Å². The minimum Gasteiger partial charge on any atom is -0.495 e. The maximum atomic E-state index is 12.4. The number of carbonyl (C=O) groups excluding carboxylic acids is 2. The van der Waals surface area contributed by atoms with Gasteiger partial charge in [-0.1, -0.05) is 11.6 Å². The summed E-state index contributed by atoms with van der Waals surface area (Å²) in [5.74, 6) is -0.247. The molecule has 8 heteroatoms. The van der Waals surface area contributed by atoms with Crippen LogP contribution in [0.1, 0.15) is 40.6 Å². The summed E-state index contributed by atoms with van der Waals surface area (Å²) in [6.07, 6.45) is 2.25. The number of hydrogen-bond donors (Lipinski definition) is 1. The molecule has 1 aromatic heterocycles. The summed E-state index contributed by atoms with van der Waals surface area (Å²) in [5, 5.41) is 3.00. The van der Waals surface area contributed by atoms with Crippen LogP contribution in [0.15, 0.2) is 18.2 Å². The first-order chi connectivity index (χ1) is 13.3. The predicted octanol–water partition coefficient (Wildman–Crippen LogP) is 3.91. The molecule has 28 heavy (non-hydrogen) atoms. The van der Waals surface area contributed by atoms with E-state index in [1.807, 2.05) is 13.8 Å². The normalized spacial score (nSPS) is 13.2. The van der Waals surface area contributed by atoms with Crippen LogP contribution in [0.4, 0.5) is 5.69 Å². The second-order valence-electron chi connectivity index (χ2n) is 6.70. The maximum Gasteiger partial charge on any atom is 0.340 e. The molecule has 0 atom stereocenters. The smallest absolute Gasteiger partial charge is 0.340 e. The number of anilines is 1. The SMILES string of the molecule is COc1cc(NC(=O)COC(=O)c2cc(C)n(C3CC3)c2C)c(OC)cc1Cl. The Hall–Kier alpha value is -2.67. The quantitative estimate of drug-likeness (QED) is 0.705. The molecular formula is C20H23ClN2O5. The molecule has 1 heterocycles. The van der Waals surface area contributed by atoms with Crippen molar-refractivity contribution >= 4 is 29.2 Å². The molecule has 150 valence electrons. The molecule has 1 amide bonds. The van der Waals surface area contributed by atoms with Gasteiger partial charge in [-0.15, -0.1) is 0 Å². The molecule has 1 N–H and O–H groups in total. The van der Waals surface area contributed by atoms with Gasteiger partial charge in [0.1, 0.15) is 11.5 Å². The fourth-order valence-electron chi connectivity index (χ4n) is 3.23. The fraction of sp³-hybridized carbons (Fsp3) is 0.400. The molecule has 0 radical (unpaired) electrons. The third-order valence-corrected chi connectivity index (χ3v) is 4.99. The van der Waals surface area contributed by atoms with Crippen LogP contribution in [0.5, 0.6) is 11.5 Å². The number of ether oxygens (including phenoxy) is 3. The van der Waals surface area contributed by atoms with Crippen LogP contribution in [0, 0.1) is 13.8 Å². The minimum absolute atomic E-state index is 0.356. The number of esters is 1. The Morgan fingerprint density at radius 1 is 1.14 bits per heavy atom. The van der Waals surface area contributed by atoms with Crippen LogP contribution in [-0.2, 0) is 9.53 Å². The number of aromatic nitrogens is 1. The maximum absolute atomic E-state index is 12.4. The number of nitrogens with zero attached hydrogens (tertiary/aromatic N) is 1. The number of nitrogens with one attached hydrogen (secondary N) is 1. The molecule has 0 spiro atoms. The third-order valence-electron chi connectivity index (χ3n) is 4.70. The molecule has 0 saturated heterocycles. The molecule has 1 aromatic carbocycles. The van der Waals surface area contributed by atoms with Crippen molar-refractivity contribution in [1.29, 1.82) is 0 Å². The lowest BCUT2D eigenvalue weighted by molar-refractivity contribution is -0.119. The number of aryl methyl sites for hydroxylation is 1. The van der Waals surface area contributed by atoms with Gasteiger partial charge < -0.3 is 24.1 Å². The van der Waals surface area contributed by atoms with Crippen molar-refractivity contribution < 1.29 is 23.8 Å². The Balaban J connectivity index is 1.65. The van der Waals surface area contributed by atoms with Crippen molar-refractivity contribution in [2.45, 2.75) is 32.7 Å². The fourth-order valence-corrected chi connectivity index (χ4v) is 3.46. The summed E-state index contributed by atoms with van der Waals surface area (Å²) in [7, 11) is 2.93. The van der Waals surface area contributed by atoms with E-state index in [1.165, 1.54) is 20.3 Å². The van der Waals surface area contributed by atoms with Crippen LogP contribution in [0.25, 0.3) is 0 Å². The van der Waals surface area contributed by atoms with Gasteiger partial charge in [-0.05, 0) is 32.8 Å². The Kier molecular flexibility index (Phi) is 5.84. The molecule has 1 aliphatic rings. The highest BCUT2D eigenvalue weighted by Crippen LogP contribution is 2.38. The lowest BCUT2D eigenvalue weighted by Gasteiger charge is -2.13. The van der Waals surface area contributed by atoms with E-state index in [0.717, 1.165) is 24.2 Å². The van der Waals surface area contributed by atoms with Gasteiger partial charge in [0.25, 0.3) is 5.91 Å². The van der Waals surface area contributed by atoms with Gasteiger partial charge in [0.05, 0.1) is 30.5 Å². The van der Waals surface area contributed by atoms with Gasteiger partial charge in [0.2, 0.25) is 0 Å². The first kappa shape index (κ1) is 20.1. The highest BCUT2D eigenvalue weighted by atomic mass is 35.5. The van der Waals surface area contributed by atoms with Gasteiger partial charge in [0.15, 0.2) is 6.61 Å². The van der Waals surface area contributed by atoms with E-state index in [9.17, 15) is 9.59 Å². The minimum atomic E-state index is -0.518. The number of benzene rings is 1. The molecular weight excluding hydrogens is 384 g/mol. The molecule has 1 aliphatic carbocycles. The highest BCUT2D eigenvalue weighted by Gasteiger charge is 2.29. The number of amides is 1. The van der Waals surface area contributed by atoms with E-state index in [1.54, 1.807) is 12.1 Å². The second-order valence-corrected chi connectivity index (χ2v) is 7.10. The number of methoxy groups -OCH3 is 2. The summed E-state index contributed by atoms with van der Waals surface area (Å²) in [6.45, 7) is 3.45. The van der Waals surface area contributed by atoms with Crippen LogP contribution in [0.3, 0.4) is 0 Å². The predicted molar refractivity (Wildman–Crippen MR) is 106 cm³/mol. The summed E-state index contributed by atoms with van der Waals surface area (Å²) in [6, 6.07) is 5.36. The van der Waals surface area contributed by atoms with E-state index in [4.69, 9.17) is 25.8 Å². The van der Waals surface area contributed by atoms with E-state index in [-0.39, 0.29) is 0 Å². The Morgan fingerprint density at radius 3 is 2.43 bits per heavy atom. The zero-order chi connectivity index (χ0) is 20.4. The second kappa shape index (κ2) is 8.14. The van der Waals surface area contributed by atoms with Crippen molar-refractivity contribution in [1.82, 2.24) is 4.57 Å². The highest BCUT2D eigenvalue weighted by molar-refractivity contribution is 6.32. The van der Waals surface area contributed by atoms with Crippen LogP contribution < -0.4 is 14.8 Å². The number of halogens is 1. The van der Waals surface area contributed by atoms with Gasteiger partial charge in [0, 0.05) is 29.6 Å². The topological polar surface area (TPSA) is 78.8 Å². The van der Waals surface area contributed by atoms with Crippen LogP contribution >= 0.6 is 11.6 Å². The Morgan fingerprint density at radius 2 is 1.82 bits per heavy atom. The lowest BCUT2D eigenvalue weighted by atomic mass is 10.2. The monoisotopic (exact) mass is 406 g/mol. The first-order valence-corrected chi connectivity index (χ1v) is 9.30. The van der Waals surface area contributed by atoms with E-state index in [2.05, 4.69) is 9.88 Å². The van der Waals surface area contributed by atoms with Gasteiger partial charge in [-0.25, -0.2) is 4.79 Å². The number of carbonyl (C=O) groups is 2. The summed E-state index contributed by atoms with van der Waals surface area (Å²) in [5.41, 5.74) is 2.75. The standard InChI is InChI=1S/C20H23ClN2O5/c1-11-7-14(12(2)23(11)13-5-6-13)20(25)28-10-19(24)22-16-9-17(26-3)15(21)8-18(16)27-4/h7-9,13H,5-6,10H2,1-4H3,(H,22,24). The Labute approximate surface area is 168 Å².